The van der Waals surface area contributed by atoms with Crippen LogP contribution >= 0.6 is 0 Å². The number of aliphatic hydroxyl groups is 1. The van der Waals surface area contributed by atoms with Crippen LogP contribution in [0.4, 0.5) is 0 Å². The molecule has 0 heterocycles. The fourth-order valence-corrected chi connectivity index (χ4v) is 0. The smallest absolute Gasteiger partial charge is 0.165 e. The molecule has 0 rings (SSSR count). The molecule has 0 spiro atoms. The van der Waals surface area contributed by atoms with E-state index in [1.54, 1.807) is 0 Å². The molecule has 0 radical (unpaired) electrons. The fraction of sp³-hybridized carbons (Fsp3) is 0. The molecule has 0 unspecified atom stereocenters. The van der Waals surface area contributed by atoms with Gasteiger partial charge in [0.05, 0.1) is 0 Å². The van der Waals surface area contributed by atoms with Crippen molar-refractivity contribution in [2.75, 3.05) is 0 Å². The zero-order valence-electron chi connectivity index (χ0n) is 2.56. The summed E-state index contributed by atoms with van der Waals surface area (Å²) < 4.78 is 0. The summed E-state index contributed by atoms with van der Waals surface area (Å²) in [6.07, 6.45) is 0. The summed E-state index contributed by atoms with van der Waals surface area (Å²) in [5, 5.41) is 16.8. The van der Waals surface area contributed by atoms with Gasteiger partial charge in [-0.1, -0.05) is 0 Å². The average molecular weight is 74.1 g/mol. The monoisotopic (exact) mass is 74.0 g/mol. The Morgan fingerprint density at radius 3 is 2.20 bits per heavy atom. The van der Waals surface area contributed by atoms with Crippen molar-refractivity contribution in [3.63, 3.8) is 0 Å². The number of nitrogens with one attached hydrogen (secondary N) is 1. The predicted molar refractivity (Wildman–Crippen MR) is 18.3 cm³/mol. The van der Waals surface area contributed by atoms with Crippen LogP contribution in [0.2, 0.25) is 0 Å². The summed E-state index contributed by atoms with van der Waals surface area (Å²) in [5.74, 6) is -0.551. The highest BCUT2D eigenvalue weighted by atomic mass is 16.5. The van der Waals surface area contributed by atoms with Gasteiger partial charge in [-0.15, -0.1) is 0 Å². The molecule has 0 aliphatic heterocycles. The quantitative estimate of drug-likeness (QED) is 0.342. The van der Waals surface area contributed by atoms with Crippen molar-refractivity contribution in [2.45, 2.75) is 0 Å². The van der Waals surface area contributed by atoms with E-state index in [2.05, 4.69) is 6.58 Å². The van der Waals surface area contributed by atoms with Crippen molar-refractivity contribution in [3.05, 3.63) is 17.7 Å². The molecule has 0 saturated carbocycles. The van der Waals surface area contributed by atoms with Crippen LogP contribution in [0, 0.1) is 5.21 Å². The molecule has 2 N–H and O–H groups in total. The third-order valence-corrected chi connectivity index (χ3v) is 0.118. The summed E-state index contributed by atoms with van der Waals surface area (Å²) in [6, 6.07) is 0. The Morgan fingerprint density at radius 1 is 2.00 bits per heavy atom. The molecule has 0 aromatic carbocycles. The van der Waals surface area contributed by atoms with Crippen LogP contribution in [0.1, 0.15) is 0 Å². The van der Waals surface area contributed by atoms with Crippen LogP contribution in [0.3, 0.4) is 0 Å². The molecular weight excluding hydrogens is 70.0 g/mol. The lowest BCUT2D eigenvalue weighted by Gasteiger charge is -2.01. The van der Waals surface area contributed by atoms with E-state index in [-0.39, 0.29) is 0 Å². The zero-order valence-corrected chi connectivity index (χ0v) is 2.56. The van der Waals surface area contributed by atoms with E-state index in [9.17, 15) is 0 Å². The standard InChI is InChI=1S/C2H4NO2/c1-2(4)3-5/h3-4H,1H2/q-1. The van der Waals surface area contributed by atoms with Gasteiger partial charge in [0.25, 0.3) is 0 Å². The Morgan fingerprint density at radius 2 is 2.20 bits per heavy atom. The van der Waals surface area contributed by atoms with Gasteiger partial charge in [-0.05, 0) is 6.58 Å². The molecule has 30 valence electrons. The number of rotatable bonds is 1. The Bertz CT molecular complexity index is 42.9. The number of hydroxylamine groups is 1. The van der Waals surface area contributed by atoms with Crippen LogP contribution in [0.25, 0.3) is 0 Å². The molecule has 3 nitrogen and oxygen atoms in total. The lowest BCUT2D eigenvalue weighted by molar-refractivity contribution is 0.386. The minimum atomic E-state index is -0.551. The van der Waals surface area contributed by atoms with E-state index < -0.39 is 5.88 Å². The number of hydrogen-bond acceptors (Lipinski definition) is 3. The van der Waals surface area contributed by atoms with Gasteiger partial charge in [-0.3, -0.25) is 0 Å². The number of aliphatic hydroxyl groups excluding tert-OH is 1. The highest BCUT2D eigenvalue weighted by Gasteiger charge is 1.59. The average Bonchev–Trinajstić information content (AvgIpc) is 1.38. The summed E-state index contributed by atoms with van der Waals surface area (Å²) in [4.78, 5) is 0. The van der Waals surface area contributed by atoms with Crippen LogP contribution in [-0.4, -0.2) is 5.11 Å². The van der Waals surface area contributed by atoms with Crippen molar-refractivity contribution in [3.8, 4) is 0 Å². The summed E-state index contributed by atoms with van der Waals surface area (Å²) in [7, 11) is 0. The van der Waals surface area contributed by atoms with Gasteiger partial charge >= 0.3 is 0 Å². The van der Waals surface area contributed by atoms with E-state index in [0.29, 0.717) is 0 Å². The highest BCUT2D eigenvalue weighted by molar-refractivity contribution is 4.73. The van der Waals surface area contributed by atoms with Crippen LogP contribution in [0.5, 0.6) is 0 Å². The molecule has 0 aromatic heterocycles. The van der Waals surface area contributed by atoms with Crippen molar-refractivity contribution >= 4 is 0 Å². The van der Waals surface area contributed by atoms with E-state index in [0.717, 1.165) is 5.48 Å². The third-order valence-electron chi connectivity index (χ3n) is 0.118. The van der Waals surface area contributed by atoms with Crippen LogP contribution < -0.4 is 5.48 Å². The maximum atomic E-state index is 9.03. The van der Waals surface area contributed by atoms with Gasteiger partial charge in [0.2, 0.25) is 0 Å². The minimum Gasteiger partial charge on any atom is -0.759 e. The lowest BCUT2D eigenvalue weighted by Crippen LogP contribution is -1.97. The van der Waals surface area contributed by atoms with Crippen molar-refractivity contribution in [1.29, 1.82) is 0 Å². The summed E-state index contributed by atoms with van der Waals surface area (Å²) >= 11 is 0. The first kappa shape index (κ1) is 4.30. The second-order valence-electron chi connectivity index (χ2n) is 0.549. The van der Waals surface area contributed by atoms with Crippen LogP contribution in [0.15, 0.2) is 12.5 Å². The number of hydrogen-bond donors (Lipinski definition) is 2. The second-order valence-corrected chi connectivity index (χ2v) is 0.549. The van der Waals surface area contributed by atoms with Gasteiger partial charge in [0.1, 0.15) is 0 Å². The van der Waals surface area contributed by atoms with Crippen molar-refractivity contribution in [2.24, 2.45) is 0 Å². The van der Waals surface area contributed by atoms with E-state index in [4.69, 9.17) is 10.3 Å². The molecule has 5 heavy (non-hydrogen) atoms. The molecule has 0 atom stereocenters. The van der Waals surface area contributed by atoms with Crippen molar-refractivity contribution < 1.29 is 5.11 Å². The summed E-state index contributed by atoms with van der Waals surface area (Å²) in [6.45, 7) is 2.81. The van der Waals surface area contributed by atoms with E-state index in [1.165, 1.54) is 0 Å². The molecule has 0 aliphatic carbocycles. The minimum absolute atomic E-state index is 0.551. The fourth-order valence-electron chi connectivity index (χ4n) is 0. The largest absolute Gasteiger partial charge is 0.759 e. The van der Waals surface area contributed by atoms with Gasteiger partial charge in [-0.25, -0.2) is 0 Å². The van der Waals surface area contributed by atoms with Gasteiger partial charge < -0.3 is 15.8 Å². The van der Waals surface area contributed by atoms with E-state index in [1.807, 2.05) is 0 Å². The maximum absolute atomic E-state index is 9.03. The Balaban J connectivity index is 2.85. The Hall–Kier alpha value is -0.700. The normalized spacial score (nSPS) is 6.60. The lowest BCUT2D eigenvalue weighted by atomic mass is 11.0. The Kier molecular flexibility index (Phi) is 1.38. The summed E-state index contributed by atoms with van der Waals surface area (Å²) in [5.41, 5.74) is 1.14. The maximum Gasteiger partial charge on any atom is 0.165 e. The first-order chi connectivity index (χ1) is 2.27. The zero-order chi connectivity index (χ0) is 4.28. The first-order valence-corrected chi connectivity index (χ1v) is 1.03. The predicted octanol–water partition coefficient (Wildman–Crippen LogP) is 0.103. The molecule has 0 aromatic rings. The van der Waals surface area contributed by atoms with Gasteiger partial charge in [0, 0.05) is 0 Å². The molecule has 3 heteroatoms. The highest BCUT2D eigenvalue weighted by Crippen LogP contribution is 1.62. The molecule has 0 saturated heterocycles. The third kappa shape index (κ3) is 3.30. The van der Waals surface area contributed by atoms with Crippen LogP contribution in [-0.2, 0) is 0 Å². The SMILES string of the molecule is C=C(O)N[O-]. The molecule has 0 bridgehead atoms. The van der Waals surface area contributed by atoms with E-state index >= 15 is 0 Å². The van der Waals surface area contributed by atoms with Crippen molar-refractivity contribution in [1.82, 2.24) is 5.48 Å². The molecule has 0 fully saturated rings. The topological polar surface area (TPSA) is 55.3 Å². The first-order valence-electron chi connectivity index (χ1n) is 1.03. The molecule has 0 amide bonds. The second kappa shape index (κ2) is 1.60. The molecule has 0 aliphatic rings. The van der Waals surface area contributed by atoms with Gasteiger partial charge in [0.15, 0.2) is 5.88 Å². The molecular formula is C2H4NO2-. The Labute approximate surface area is 29.5 Å². The van der Waals surface area contributed by atoms with Gasteiger partial charge in [-0.2, -0.15) is 0 Å².